The van der Waals surface area contributed by atoms with Gasteiger partial charge in [-0.1, -0.05) is 6.07 Å². The van der Waals surface area contributed by atoms with Gasteiger partial charge in [-0.2, -0.15) is 16.1 Å². The van der Waals surface area contributed by atoms with Crippen LogP contribution in [0.3, 0.4) is 0 Å². The van der Waals surface area contributed by atoms with Crippen molar-refractivity contribution in [3.05, 3.63) is 46.9 Å². The summed E-state index contributed by atoms with van der Waals surface area (Å²) in [5.74, 6) is 0.821. The summed E-state index contributed by atoms with van der Waals surface area (Å²) in [5, 5.41) is 2.48. The Morgan fingerprint density at radius 3 is 2.86 bits per heavy atom. The quantitative estimate of drug-likeness (QED) is 0.862. The zero-order chi connectivity index (χ0) is 14.7. The monoisotopic (exact) mass is 340 g/mol. The van der Waals surface area contributed by atoms with E-state index in [0.29, 0.717) is 18.3 Å². The van der Waals surface area contributed by atoms with Crippen LogP contribution in [-0.4, -0.2) is 36.5 Å². The van der Waals surface area contributed by atoms with E-state index in [1.54, 1.807) is 34.0 Å². The van der Waals surface area contributed by atoms with Gasteiger partial charge in [0.05, 0.1) is 0 Å². The molecule has 4 nitrogen and oxygen atoms in total. The summed E-state index contributed by atoms with van der Waals surface area (Å²) in [6.07, 6.45) is 3.86. The van der Waals surface area contributed by atoms with Crippen LogP contribution in [0.1, 0.15) is 16.5 Å². The fourth-order valence-electron chi connectivity index (χ4n) is 2.34. The molecule has 1 unspecified atom stereocenters. The van der Waals surface area contributed by atoms with E-state index in [1.807, 2.05) is 11.8 Å². The number of nitrogens with zero attached hydrogens (tertiary/aromatic N) is 2. The number of aromatic nitrogens is 1. The van der Waals surface area contributed by atoms with Crippen LogP contribution in [0.15, 0.2) is 46.9 Å². The average Bonchev–Trinajstić information content (AvgIpc) is 2.92. The molecule has 21 heavy (non-hydrogen) atoms. The van der Waals surface area contributed by atoms with E-state index in [-0.39, 0.29) is 4.90 Å². The largest absolute Gasteiger partial charge is 0.263 e. The Morgan fingerprint density at radius 2 is 2.14 bits per heavy atom. The zero-order valence-corrected chi connectivity index (χ0v) is 13.8. The molecular formula is C14H16N2O2S3. The third kappa shape index (κ3) is 3.31. The van der Waals surface area contributed by atoms with E-state index in [0.717, 1.165) is 12.2 Å². The minimum Gasteiger partial charge on any atom is -0.263 e. The number of pyridine rings is 1. The fourth-order valence-corrected chi connectivity index (χ4v) is 6.11. The normalized spacial score (nSPS) is 21.0. The first-order valence-electron chi connectivity index (χ1n) is 6.73. The highest BCUT2D eigenvalue weighted by atomic mass is 32.2. The van der Waals surface area contributed by atoms with Gasteiger partial charge >= 0.3 is 0 Å². The van der Waals surface area contributed by atoms with Gasteiger partial charge in [0.2, 0.25) is 10.0 Å². The molecule has 0 aliphatic carbocycles. The summed E-state index contributed by atoms with van der Waals surface area (Å²) >= 11 is 3.59. The molecule has 2 aromatic rings. The van der Waals surface area contributed by atoms with Gasteiger partial charge in [-0.3, -0.25) is 4.98 Å². The number of sulfonamides is 1. The van der Waals surface area contributed by atoms with Crippen molar-refractivity contribution in [3.8, 4) is 0 Å². The molecule has 1 aliphatic rings. The van der Waals surface area contributed by atoms with Crippen LogP contribution in [0.25, 0.3) is 0 Å². The minimum absolute atomic E-state index is 0.282. The Balaban J connectivity index is 1.76. The van der Waals surface area contributed by atoms with Crippen molar-refractivity contribution in [2.24, 2.45) is 0 Å². The molecule has 7 heteroatoms. The second kappa shape index (κ2) is 6.48. The van der Waals surface area contributed by atoms with Crippen molar-refractivity contribution in [2.45, 2.75) is 16.6 Å². The van der Waals surface area contributed by atoms with E-state index in [9.17, 15) is 8.42 Å². The SMILES string of the molecule is O=S(=O)(c1cccnc1)N1CCSC(c2cccs2)CC1. The molecule has 3 rings (SSSR count). The predicted octanol–water partition coefficient (Wildman–Crippen LogP) is 3.01. The van der Waals surface area contributed by atoms with E-state index >= 15 is 0 Å². The summed E-state index contributed by atoms with van der Waals surface area (Å²) in [5.41, 5.74) is 0. The number of thioether (sulfide) groups is 1. The molecule has 1 fully saturated rings. The molecule has 0 spiro atoms. The van der Waals surface area contributed by atoms with Gasteiger partial charge in [0.25, 0.3) is 0 Å². The maximum atomic E-state index is 12.6. The Labute approximate surface area is 133 Å². The van der Waals surface area contributed by atoms with Crippen LogP contribution in [0, 0.1) is 0 Å². The first-order chi connectivity index (χ1) is 10.2. The highest BCUT2D eigenvalue weighted by Crippen LogP contribution is 2.37. The maximum absolute atomic E-state index is 12.6. The van der Waals surface area contributed by atoms with Crippen LogP contribution in [0.5, 0.6) is 0 Å². The second-order valence-electron chi connectivity index (χ2n) is 4.76. The van der Waals surface area contributed by atoms with E-state index in [2.05, 4.69) is 22.5 Å². The van der Waals surface area contributed by atoms with Gasteiger partial charge in [-0.15, -0.1) is 11.3 Å². The molecule has 1 atom stereocenters. The molecule has 1 saturated heterocycles. The van der Waals surface area contributed by atoms with Crippen molar-refractivity contribution in [2.75, 3.05) is 18.8 Å². The summed E-state index contributed by atoms with van der Waals surface area (Å²) < 4.78 is 26.8. The summed E-state index contributed by atoms with van der Waals surface area (Å²) in [7, 11) is -3.42. The highest BCUT2D eigenvalue weighted by Gasteiger charge is 2.28. The van der Waals surface area contributed by atoms with Crippen molar-refractivity contribution < 1.29 is 8.42 Å². The molecule has 2 aromatic heterocycles. The van der Waals surface area contributed by atoms with Crippen molar-refractivity contribution in [1.82, 2.24) is 9.29 Å². The van der Waals surface area contributed by atoms with Gasteiger partial charge < -0.3 is 0 Å². The lowest BCUT2D eigenvalue weighted by Gasteiger charge is -2.19. The van der Waals surface area contributed by atoms with Crippen LogP contribution >= 0.6 is 23.1 Å². The van der Waals surface area contributed by atoms with Gasteiger partial charge in [-0.05, 0) is 30.0 Å². The lowest BCUT2D eigenvalue weighted by Crippen LogP contribution is -2.33. The predicted molar refractivity (Wildman–Crippen MR) is 87.1 cm³/mol. The third-order valence-corrected chi connectivity index (χ3v) is 7.76. The van der Waals surface area contributed by atoms with Gasteiger partial charge in [0, 0.05) is 41.4 Å². The first-order valence-corrected chi connectivity index (χ1v) is 10.1. The van der Waals surface area contributed by atoms with Gasteiger partial charge in [-0.25, -0.2) is 8.42 Å². The topological polar surface area (TPSA) is 50.3 Å². The summed E-state index contributed by atoms with van der Waals surface area (Å²) in [6.45, 7) is 1.12. The van der Waals surface area contributed by atoms with Crippen LogP contribution < -0.4 is 0 Å². The molecule has 1 aliphatic heterocycles. The van der Waals surface area contributed by atoms with Crippen LogP contribution in [0.4, 0.5) is 0 Å². The number of hydrogen-bond donors (Lipinski definition) is 0. The Hall–Kier alpha value is -0.890. The smallest absolute Gasteiger partial charge is 0.244 e. The standard InChI is InChI=1S/C14H16N2O2S3/c17-21(18,12-3-1-6-15-11-12)16-7-5-14(20-10-8-16)13-4-2-9-19-13/h1-4,6,9,11,14H,5,7-8,10H2. The van der Waals surface area contributed by atoms with Gasteiger partial charge in [0.1, 0.15) is 4.90 Å². The van der Waals surface area contributed by atoms with Crippen molar-refractivity contribution in [3.63, 3.8) is 0 Å². The molecule has 0 N–H and O–H groups in total. The number of thiophene rings is 1. The molecule has 3 heterocycles. The Morgan fingerprint density at radius 1 is 1.24 bits per heavy atom. The number of rotatable bonds is 3. The molecule has 0 amide bonds. The minimum atomic E-state index is -3.42. The molecule has 0 aromatic carbocycles. The fraction of sp³-hybridized carbons (Fsp3) is 0.357. The van der Waals surface area contributed by atoms with E-state index < -0.39 is 10.0 Å². The Kier molecular flexibility index (Phi) is 4.63. The lowest BCUT2D eigenvalue weighted by atomic mass is 10.2. The average molecular weight is 340 g/mol. The molecule has 112 valence electrons. The highest BCUT2D eigenvalue weighted by molar-refractivity contribution is 7.99. The van der Waals surface area contributed by atoms with Crippen molar-refractivity contribution >= 4 is 33.1 Å². The Bertz CT molecular complexity index is 672. The molecule has 0 radical (unpaired) electrons. The van der Waals surface area contributed by atoms with Crippen molar-refractivity contribution in [1.29, 1.82) is 0 Å². The van der Waals surface area contributed by atoms with Crippen LogP contribution in [-0.2, 0) is 10.0 Å². The lowest BCUT2D eigenvalue weighted by molar-refractivity contribution is 0.428. The molecular weight excluding hydrogens is 324 g/mol. The molecule has 0 saturated carbocycles. The summed E-state index contributed by atoms with van der Waals surface area (Å²) in [6, 6.07) is 7.45. The second-order valence-corrected chi connectivity index (χ2v) is 8.98. The first kappa shape index (κ1) is 15.0. The zero-order valence-electron chi connectivity index (χ0n) is 11.4. The summed E-state index contributed by atoms with van der Waals surface area (Å²) in [4.78, 5) is 5.53. The van der Waals surface area contributed by atoms with E-state index in [1.165, 1.54) is 11.1 Å². The van der Waals surface area contributed by atoms with Gasteiger partial charge in [0.15, 0.2) is 0 Å². The maximum Gasteiger partial charge on any atom is 0.244 e. The van der Waals surface area contributed by atoms with Crippen LogP contribution in [0.2, 0.25) is 0 Å². The number of hydrogen-bond acceptors (Lipinski definition) is 5. The van der Waals surface area contributed by atoms with E-state index in [4.69, 9.17) is 0 Å². The third-order valence-electron chi connectivity index (χ3n) is 3.43. The molecule has 0 bridgehead atoms.